The number of nitrogens with zero attached hydrogens (tertiary/aromatic N) is 2. The number of thioether (sulfide) groups is 1. The second kappa shape index (κ2) is 7.06. The summed E-state index contributed by atoms with van der Waals surface area (Å²) in [5.74, 6) is 1.04. The number of ether oxygens (including phenoxy) is 1. The number of aromatic amines is 1. The normalized spacial score (nSPS) is 18.0. The van der Waals surface area contributed by atoms with Gasteiger partial charge in [-0.15, -0.1) is 16.4 Å². The van der Waals surface area contributed by atoms with E-state index in [-0.39, 0.29) is 12.0 Å². The molecule has 2 N–H and O–H groups in total. The summed E-state index contributed by atoms with van der Waals surface area (Å²) in [6.45, 7) is 1.39. The van der Waals surface area contributed by atoms with E-state index < -0.39 is 0 Å². The zero-order chi connectivity index (χ0) is 14.5. The third kappa shape index (κ3) is 4.05. The Morgan fingerprint density at radius 1 is 1.62 bits per heavy atom. The summed E-state index contributed by atoms with van der Waals surface area (Å²) in [4.78, 5) is 17.2. The molecule has 1 fully saturated rings. The van der Waals surface area contributed by atoms with Crippen LogP contribution < -0.4 is 5.32 Å². The molecule has 0 bridgehead atoms. The third-order valence-electron chi connectivity index (χ3n) is 3.10. The number of H-pyrrole nitrogens is 1. The molecule has 0 aromatic carbocycles. The molecule has 3 rings (SSSR count). The summed E-state index contributed by atoms with van der Waals surface area (Å²) >= 11 is 2.93. The summed E-state index contributed by atoms with van der Waals surface area (Å²) < 4.78 is 5.46. The Kier molecular flexibility index (Phi) is 4.89. The first-order valence-electron chi connectivity index (χ1n) is 6.78. The second-order valence-corrected chi connectivity index (χ2v) is 6.56. The van der Waals surface area contributed by atoms with Crippen molar-refractivity contribution in [3.05, 3.63) is 17.5 Å². The largest absolute Gasteiger partial charge is 0.376 e. The van der Waals surface area contributed by atoms with Crippen LogP contribution in [0.5, 0.6) is 0 Å². The van der Waals surface area contributed by atoms with Gasteiger partial charge < -0.3 is 10.1 Å². The van der Waals surface area contributed by atoms with Crippen molar-refractivity contribution >= 4 is 29.0 Å². The first kappa shape index (κ1) is 14.6. The Hall–Kier alpha value is -1.38. The lowest BCUT2D eigenvalue weighted by Crippen LogP contribution is -2.32. The van der Waals surface area contributed by atoms with Crippen molar-refractivity contribution in [2.45, 2.75) is 24.1 Å². The van der Waals surface area contributed by atoms with Gasteiger partial charge in [0, 0.05) is 13.2 Å². The predicted molar refractivity (Wildman–Crippen MR) is 82.4 cm³/mol. The first-order valence-corrected chi connectivity index (χ1v) is 8.65. The fourth-order valence-electron chi connectivity index (χ4n) is 2.05. The smallest absolute Gasteiger partial charge is 0.230 e. The van der Waals surface area contributed by atoms with Crippen LogP contribution in [0.4, 0.5) is 0 Å². The topological polar surface area (TPSA) is 79.9 Å². The number of hydrogen-bond acceptors (Lipinski definition) is 6. The van der Waals surface area contributed by atoms with Gasteiger partial charge in [0.2, 0.25) is 11.1 Å². The zero-order valence-electron chi connectivity index (χ0n) is 11.4. The minimum Gasteiger partial charge on any atom is -0.376 e. The lowest BCUT2D eigenvalue weighted by Gasteiger charge is -2.09. The van der Waals surface area contributed by atoms with E-state index in [1.807, 2.05) is 17.5 Å². The standard InChI is InChI=1S/C13H16N4O2S2/c18-11(14-7-9-3-1-5-19-9)8-21-13-15-12(16-17-13)10-4-2-6-20-10/h2,4,6,9H,1,3,5,7-8H2,(H,14,18)(H,15,16,17). The maximum absolute atomic E-state index is 11.8. The van der Waals surface area contributed by atoms with Crippen LogP contribution in [0.25, 0.3) is 10.7 Å². The highest BCUT2D eigenvalue weighted by molar-refractivity contribution is 7.99. The number of amides is 1. The van der Waals surface area contributed by atoms with Crippen LogP contribution in [-0.2, 0) is 9.53 Å². The molecule has 0 spiro atoms. The maximum Gasteiger partial charge on any atom is 0.230 e. The number of carbonyl (C=O) groups is 1. The number of carbonyl (C=O) groups excluding carboxylic acids is 1. The van der Waals surface area contributed by atoms with Crippen LogP contribution in [0.15, 0.2) is 22.7 Å². The molecular weight excluding hydrogens is 308 g/mol. The highest BCUT2D eigenvalue weighted by Gasteiger charge is 2.16. The van der Waals surface area contributed by atoms with Gasteiger partial charge in [-0.25, -0.2) is 4.98 Å². The highest BCUT2D eigenvalue weighted by atomic mass is 32.2. The molecule has 2 aromatic heterocycles. The lowest BCUT2D eigenvalue weighted by molar-refractivity contribution is -0.119. The van der Waals surface area contributed by atoms with Gasteiger partial charge in [-0.3, -0.25) is 9.89 Å². The predicted octanol–water partition coefficient (Wildman–Crippen LogP) is 1.92. The Labute approximate surface area is 130 Å². The fourth-order valence-corrected chi connectivity index (χ4v) is 3.34. The van der Waals surface area contributed by atoms with Crippen molar-refractivity contribution in [2.24, 2.45) is 0 Å². The van der Waals surface area contributed by atoms with E-state index in [2.05, 4.69) is 20.5 Å². The van der Waals surface area contributed by atoms with Gasteiger partial charge in [-0.1, -0.05) is 17.8 Å². The van der Waals surface area contributed by atoms with Crippen molar-refractivity contribution < 1.29 is 9.53 Å². The fraction of sp³-hybridized carbons (Fsp3) is 0.462. The van der Waals surface area contributed by atoms with E-state index in [0.717, 1.165) is 30.2 Å². The summed E-state index contributed by atoms with van der Waals surface area (Å²) in [5.41, 5.74) is 0. The molecule has 1 aliphatic rings. The van der Waals surface area contributed by atoms with Crippen molar-refractivity contribution in [3.8, 4) is 10.7 Å². The minimum absolute atomic E-state index is 0.0158. The lowest BCUT2D eigenvalue weighted by atomic mass is 10.2. The van der Waals surface area contributed by atoms with E-state index in [1.165, 1.54) is 11.8 Å². The van der Waals surface area contributed by atoms with Crippen LogP contribution in [0.1, 0.15) is 12.8 Å². The van der Waals surface area contributed by atoms with Crippen LogP contribution in [0.3, 0.4) is 0 Å². The summed E-state index contributed by atoms with van der Waals surface area (Å²) in [7, 11) is 0. The molecule has 3 heterocycles. The minimum atomic E-state index is -0.0158. The summed E-state index contributed by atoms with van der Waals surface area (Å²) in [6, 6.07) is 3.95. The van der Waals surface area contributed by atoms with Crippen molar-refractivity contribution in [2.75, 3.05) is 18.9 Å². The quantitative estimate of drug-likeness (QED) is 0.794. The van der Waals surface area contributed by atoms with E-state index in [9.17, 15) is 4.79 Å². The molecule has 112 valence electrons. The van der Waals surface area contributed by atoms with Gasteiger partial charge in [0.25, 0.3) is 0 Å². The van der Waals surface area contributed by atoms with Crippen molar-refractivity contribution in [1.29, 1.82) is 0 Å². The maximum atomic E-state index is 11.8. The molecular formula is C13H16N4O2S2. The van der Waals surface area contributed by atoms with Crippen molar-refractivity contribution in [3.63, 3.8) is 0 Å². The SMILES string of the molecule is O=C(CSc1n[nH]c(-c2cccs2)n1)NCC1CCCO1. The first-order chi connectivity index (χ1) is 10.3. The zero-order valence-corrected chi connectivity index (χ0v) is 13.0. The summed E-state index contributed by atoms with van der Waals surface area (Å²) in [6.07, 6.45) is 2.28. The molecule has 8 heteroatoms. The molecule has 21 heavy (non-hydrogen) atoms. The number of nitrogens with one attached hydrogen (secondary N) is 2. The van der Waals surface area contributed by atoms with Crippen LogP contribution in [-0.4, -0.2) is 46.1 Å². The van der Waals surface area contributed by atoms with Gasteiger partial charge in [0.15, 0.2) is 5.82 Å². The van der Waals surface area contributed by atoms with Crippen molar-refractivity contribution in [1.82, 2.24) is 20.5 Å². The third-order valence-corrected chi connectivity index (χ3v) is 4.83. The van der Waals surface area contributed by atoms with E-state index in [0.29, 0.717) is 17.5 Å². The number of rotatable bonds is 6. The second-order valence-electron chi connectivity index (χ2n) is 4.67. The highest BCUT2D eigenvalue weighted by Crippen LogP contribution is 2.23. The Bertz CT molecular complexity index is 579. The molecule has 0 saturated carbocycles. The molecule has 6 nitrogen and oxygen atoms in total. The summed E-state index contributed by atoms with van der Waals surface area (Å²) in [5, 5.41) is 12.5. The van der Waals surface area contributed by atoms with Gasteiger partial charge in [0.05, 0.1) is 16.7 Å². The number of hydrogen-bond donors (Lipinski definition) is 2. The molecule has 1 saturated heterocycles. The number of thiophene rings is 1. The Morgan fingerprint density at radius 3 is 3.33 bits per heavy atom. The molecule has 1 atom stereocenters. The number of aromatic nitrogens is 3. The van der Waals surface area contributed by atoms with E-state index in [4.69, 9.17) is 4.74 Å². The van der Waals surface area contributed by atoms with Gasteiger partial charge in [-0.2, -0.15) is 0 Å². The van der Waals surface area contributed by atoms with Crippen LogP contribution >= 0.6 is 23.1 Å². The van der Waals surface area contributed by atoms with Gasteiger partial charge in [0.1, 0.15) is 0 Å². The molecule has 0 aliphatic carbocycles. The van der Waals surface area contributed by atoms with E-state index >= 15 is 0 Å². The van der Waals surface area contributed by atoms with Crippen LogP contribution in [0, 0.1) is 0 Å². The average Bonchev–Trinajstić information content (AvgIpc) is 3.24. The van der Waals surface area contributed by atoms with E-state index in [1.54, 1.807) is 11.3 Å². The molecule has 1 aliphatic heterocycles. The average molecular weight is 324 g/mol. The monoisotopic (exact) mass is 324 g/mol. The Morgan fingerprint density at radius 2 is 2.57 bits per heavy atom. The van der Waals surface area contributed by atoms with Crippen LogP contribution in [0.2, 0.25) is 0 Å². The van der Waals surface area contributed by atoms with Gasteiger partial charge >= 0.3 is 0 Å². The molecule has 2 aromatic rings. The molecule has 0 radical (unpaired) electrons. The molecule has 1 unspecified atom stereocenters. The molecule has 1 amide bonds. The van der Waals surface area contributed by atoms with Gasteiger partial charge in [-0.05, 0) is 24.3 Å². The Balaban J connectivity index is 1.43.